The van der Waals surface area contributed by atoms with Gasteiger partial charge in [-0.3, -0.25) is 4.79 Å². The van der Waals surface area contributed by atoms with Crippen LogP contribution in [0.25, 0.3) is 0 Å². The van der Waals surface area contributed by atoms with Crippen LogP contribution < -0.4 is 0 Å². The summed E-state index contributed by atoms with van der Waals surface area (Å²) in [6, 6.07) is 9.07. The summed E-state index contributed by atoms with van der Waals surface area (Å²) in [6.07, 6.45) is -0.670. The molecule has 0 bridgehead atoms. The summed E-state index contributed by atoms with van der Waals surface area (Å²) in [7, 11) is 1.18. The zero-order chi connectivity index (χ0) is 23.0. The van der Waals surface area contributed by atoms with Crippen molar-refractivity contribution in [3.05, 3.63) is 58.7 Å². The molecular weight excluding hydrogens is 400 g/mol. The monoisotopic (exact) mass is 430 g/mol. The van der Waals surface area contributed by atoms with Gasteiger partial charge in [0.1, 0.15) is 12.7 Å². The lowest BCUT2D eigenvalue weighted by Crippen LogP contribution is -2.35. The minimum Gasteiger partial charge on any atom is -0.466 e. The van der Waals surface area contributed by atoms with Crippen LogP contribution in [0, 0.1) is 5.92 Å². The lowest BCUT2D eigenvalue weighted by molar-refractivity contribution is -0.143. The van der Waals surface area contributed by atoms with Crippen LogP contribution in [0.1, 0.15) is 45.1 Å². The third-order valence-corrected chi connectivity index (χ3v) is 5.45. The molecule has 2 N–H and O–H groups in total. The number of benzene rings is 1. The Morgan fingerprint density at radius 1 is 1.16 bits per heavy atom. The zero-order valence-corrected chi connectivity index (χ0v) is 18.2. The van der Waals surface area contributed by atoms with E-state index < -0.39 is 35.8 Å². The first-order valence-corrected chi connectivity index (χ1v) is 10.4. The number of ether oxygens (including phenoxy) is 2. The largest absolute Gasteiger partial charge is 0.466 e. The van der Waals surface area contributed by atoms with E-state index in [0.29, 0.717) is 12.0 Å². The van der Waals surface area contributed by atoms with Gasteiger partial charge in [-0.15, -0.1) is 0 Å². The van der Waals surface area contributed by atoms with E-state index >= 15 is 0 Å². The van der Waals surface area contributed by atoms with E-state index in [1.807, 2.05) is 25.1 Å². The molecule has 0 amide bonds. The molecule has 1 aromatic carbocycles. The van der Waals surface area contributed by atoms with E-state index in [2.05, 4.69) is 0 Å². The number of hydrogen-bond donors (Lipinski definition) is 2. The van der Waals surface area contributed by atoms with Crippen molar-refractivity contribution >= 4 is 17.7 Å². The molecule has 0 unspecified atom stereocenters. The maximum Gasteiger partial charge on any atom is 0.335 e. The van der Waals surface area contributed by atoms with Crippen molar-refractivity contribution in [3.8, 4) is 0 Å². The van der Waals surface area contributed by atoms with Crippen LogP contribution in [-0.4, -0.2) is 47.3 Å². The summed E-state index contributed by atoms with van der Waals surface area (Å²) in [4.78, 5) is 38.5. The molecule has 0 heterocycles. The Kier molecular flexibility index (Phi) is 9.15. The van der Waals surface area contributed by atoms with Crippen molar-refractivity contribution in [2.75, 3.05) is 7.11 Å². The minimum absolute atomic E-state index is 0.00865. The fourth-order valence-corrected chi connectivity index (χ4v) is 3.75. The number of carbonyl (C=O) groups excluding carboxylic acids is 3. The quantitative estimate of drug-likeness (QED) is 0.527. The van der Waals surface area contributed by atoms with E-state index in [1.165, 1.54) is 7.11 Å². The maximum absolute atomic E-state index is 13.1. The average Bonchev–Trinajstić information content (AvgIpc) is 2.81. The molecule has 0 aromatic heterocycles. The Labute approximate surface area is 182 Å². The topological polar surface area (TPSA) is 110 Å². The van der Waals surface area contributed by atoms with E-state index in [0.717, 1.165) is 5.56 Å². The maximum atomic E-state index is 13.1. The lowest BCUT2D eigenvalue weighted by atomic mass is 9.83. The zero-order valence-electron chi connectivity index (χ0n) is 18.2. The number of allylic oxidation sites excluding steroid dienone is 1. The molecular formula is C24H30O7. The Balaban J connectivity index is 2.58. The second kappa shape index (κ2) is 11.6. The predicted octanol–water partition coefficient (Wildman–Crippen LogP) is 2.65. The van der Waals surface area contributed by atoms with Crippen LogP contribution in [0.4, 0.5) is 0 Å². The number of esters is 2. The van der Waals surface area contributed by atoms with E-state index in [-0.39, 0.29) is 37.0 Å². The van der Waals surface area contributed by atoms with Crippen molar-refractivity contribution in [2.24, 2.45) is 5.92 Å². The number of rotatable bonds is 6. The van der Waals surface area contributed by atoms with Gasteiger partial charge in [-0.1, -0.05) is 49.8 Å². The molecule has 0 aliphatic heterocycles. The van der Waals surface area contributed by atoms with Gasteiger partial charge in [0.15, 0.2) is 5.78 Å². The SMILES string of the molecule is C/C=C1\C/C(C(=O)OCc2ccccc2)=C(/C(=O)OC)[C@@H](CCC)[C@H](O)C(=O)C[C@@H]1O. The van der Waals surface area contributed by atoms with Gasteiger partial charge in [0.2, 0.25) is 0 Å². The predicted molar refractivity (Wildman–Crippen MR) is 114 cm³/mol. The number of ketones is 1. The third-order valence-electron chi connectivity index (χ3n) is 5.45. The minimum atomic E-state index is -1.54. The van der Waals surface area contributed by atoms with Gasteiger partial charge in [-0.2, -0.15) is 0 Å². The van der Waals surface area contributed by atoms with Crippen molar-refractivity contribution in [1.82, 2.24) is 0 Å². The summed E-state index contributed by atoms with van der Waals surface area (Å²) in [5, 5.41) is 21.2. The van der Waals surface area contributed by atoms with Gasteiger partial charge in [0.25, 0.3) is 0 Å². The Hall–Kier alpha value is -2.77. The van der Waals surface area contributed by atoms with Crippen LogP contribution in [0.15, 0.2) is 53.1 Å². The normalized spacial score (nSPS) is 26.0. The first-order chi connectivity index (χ1) is 14.8. The molecule has 0 fully saturated rings. The smallest absolute Gasteiger partial charge is 0.335 e. The summed E-state index contributed by atoms with van der Waals surface area (Å²) in [6.45, 7) is 3.51. The highest BCUT2D eigenvalue weighted by Gasteiger charge is 2.39. The Bertz CT molecular complexity index is 854. The van der Waals surface area contributed by atoms with Crippen LogP contribution in [-0.2, 0) is 30.5 Å². The number of aliphatic hydroxyl groups is 2. The van der Waals surface area contributed by atoms with Gasteiger partial charge < -0.3 is 19.7 Å². The summed E-state index contributed by atoms with van der Waals surface area (Å²) < 4.78 is 10.4. The molecule has 1 aliphatic rings. The first kappa shape index (κ1) is 24.5. The van der Waals surface area contributed by atoms with Gasteiger partial charge >= 0.3 is 11.9 Å². The Morgan fingerprint density at radius 3 is 2.42 bits per heavy atom. The lowest BCUT2D eigenvalue weighted by Gasteiger charge is -2.24. The molecule has 0 radical (unpaired) electrons. The molecule has 0 saturated heterocycles. The molecule has 0 saturated carbocycles. The van der Waals surface area contributed by atoms with Crippen LogP contribution >= 0.6 is 0 Å². The van der Waals surface area contributed by atoms with Crippen LogP contribution in [0.2, 0.25) is 0 Å². The number of aliphatic hydroxyl groups excluding tert-OH is 2. The second-order valence-electron chi connectivity index (χ2n) is 7.51. The summed E-state index contributed by atoms with van der Waals surface area (Å²) in [5.41, 5.74) is 1.08. The third kappa shape index (κ3) is 6.12. The van der Waals surface area contributed by atoms with Crippen LogP contribution in [0.5, 0.6) is 0 Å². The van der Waals surface area contributed by atoms with Gasteiger partial charge in [-0.25, -0.2) is 9.59 Å². The summed E-state index contributed by atoms with van der Waals surface area (Å²) >= 11 is 0. The fraction of sp³-hybridized carbons (Fsp3) is 0.458. The van der Waals surface area contributed by atoms with Gasteiger partial charge in [0.05, 0.1) is 24.4 Å². The molecule has 1 aromatic rings. The second-order valence-corrected chi connectivity index (χ2v) is 7.51. The number of hydrogen-bond acceptors (Lipinski definition) is 7. The number of carbonyl (C=O) groups is 3. The highest BCUT2D eigenvalue weighted by molar-refractivity contribution is 6.02. The average molecular weight is 430 g/mol. The van der Waals surface area contributed by atoms with Gasteiger partial charge in [0, 0.05) is 18.8 Å². The summed E-state index contributed by atoms with van der Waals surface area (Å²) in [5.74, 6) is -3.08. The molecule has 7 nitrogen and oxygen atoms in total. The molecule has 0 spiro atoms. The molecule has 31 heavy (non-hydrogen) atoms. The molecule has 2 rings (SSSR count). The van der Waals surface area contributed by atoms with E-state index in [4.69, 9.17) is 9.47 Å². The standard InChI is InChI=1S/C24H30O7/c1-4-9-17-21(24(29)30-3)18(23(28)31-14-15-10-7-6-8-11-15)12-16(5-2)19(25)13-20(26)22(17)27/h5-8,10-11,17,19,22,25,27H,4,9,12-14H2,1-3H3/b16-5+,21-18-/t17-,19+,22+/m1/s1. The van der Waals surface area contributed by atoms with Crippen molar-refractivity contribution in [3.63, 3.8) is 0 Å². The van der Waals surface area contributed by atoms with Crippen molar-refractivity contribution < 1.29 is 34.1 Å². The Morgan fingerprint density at radius 2 is 1.84 bits per heavy atom. The highest BCUT2D eigenvalue weighted by Crippen LogP contribution is 2.33. The molecule has 3 atom stereocenters. The van der Waals surface area contributed by atoms with Crippen molar-refractivity contribution in [1.29, 1.82) is 0 Å². The molecule has 168 valence electrons. The number of methoxy groups -OCH3 is 1. The van der Waals surface area contributed by atoms with Crippen LogP contribution in [0.3, 0.4) is 0 Å². The van der Waals surface area contributed by atoms with Crippen molar-refractivity contribution in [2.45, 2.75) is 58.3 Å². The first-order valence-electron chi connectivity index (χ1n) is 10.4. The van der Waals surface area contributed by atoms with E-state index in [9.17, 15) is 24.6 Å². The van der Waals surface area contributed by atoms with Gasteiger partial charge in [-0.05, 0) is 24.5 Å². The molecule has 7 heteroatoms. The highest BCUT2D eigenvalue weighted by atomic mass is 16.5. The molecule has 1 aliphatic carbocycles. The number of Topliss-reactive ketones (excluding diaryl/α,β-unsaturated/α-hetero) is 1. The fourth-order valence-electron chi connectivity index (χ4n) is 3.75. The van der Waals surface area contributed by atoms with E-state index in [1.54, 1.807) is 25.1 Å².